The highest BCUT2D eigenvalue weighted by molar-refractivity contribution is 5.70. The maximum atomic E-state index is 10.9. The maximum Gasteiger partial charge on any atom is 0.307 e. The first kappa shape index (κ1) is 15.0. The summed E-state index contributed by atoms with van der Waals surface area (Å²) in [7, 11) is 0. The lowest BCUT2D eigenvalue weighted by molar-refractivity contribution is -0.136. The first-order chi connectivity index (χ1) is 9.12. The third kappa shape index (κ3) is 4.25. The number of carboxylic acid groups (broad SMARTS) is 1. The van der Waals surface area contributed by atoms with Crippen molar-refractivity contribution in [1.29, 1.82) is 0 Å². The highest BCUT2D eigenvalue weighted by Crippen LogP contribution is 2.21. The van der Waals surface area contributed by atoms with Gasteiger partial charge in [0.2, 0.25) is 0 Å². The number of benzene rings is 1. The lowest BCUT2D eigenvalue weighted by atomic mass is 9.91. The Kier molecular flexibility index (Phi) is 5.80. The molecule has 0 aliphatic rings. The Morgan fingerprint density at radius 2 is 1.47 bits per heavy atom. The van der Waals surface area contributed by atoms with Crippen molar-refractivity contribution in [3.05, 3.63) is 72.4 Å². The van der Waals surface area contributed by atoms with Gasteiger partial charge in [0.05, 0.1) is 6.42 Å². The number of carboxylic acids is 1. The summed E-state index contributed by atoms with van der Waals surface area (Å²) in [6.45, 7) is 11.3. The van der Waals surface area contributed by atoms with Crippen LogP contribution in [-0.4, -0.2) is 11.1 Å². The average molecular weight is 256 g/mol. The van der Waals surface area contributed by atoms with Gasteiger partial charge < -0.3 is 5.11 Å². The van der Waals surface area contributed by atoms with Crippen molar-refractivity contribution in [2.45, 2.75) is 25.7 Å². The normalized spacial score (nSPS) is 9.89. The van der Waals surface area contributed by atoms with Gasteiger partial charge >= 0.3 is 5.97 Å². The number of aliphatic carboxylic acids is 1. The second kappa shape index (κ2) is 7.37. The summed E-state index contributed by atoms with van der Waals surface area (Å²) >= 11 is 0. The zero-order valence-electron chi connectivity index (χ0n) is 11.2. The van der Waals surface area contributed by atoms with Crippen LogP contribution in [-0.2, 0) is 30.5 Å². The number of rotatable bonds is 8. The molecule has 1 N–H and O–H groups in total. The Bertz CT molecular complexity index is 467. The minimum Gasteiger partial charge on any atom is -0.481 e. The molecule has 0 spiro atoms. The topological polar surface area (TPSA) is 37.3 Å². The molecule has 0 aromatic heterocycles. The van der Waals surface area contributed by atoms with Crippen molar-refractivity contribution in [1.82, 2.24) is 0 Å². The summed E-state index contributed by atoms with van der Waals surface area (Å²) in [5.41, 5.74) is 4.30. The molecule has 19 heavy (non-hydrogen) atoms. The zero-order valence-corrected chi connectivity index (χ0v) is 11.2. The molecule has 1 aromatic rings. The van der Waals surface area contributed by atoms with Crippen LogP contribution >= 0.6 is 0 Å². The molecule has 0 atom stereocenters. The van der Waals surface area contributed by atoms with Crippen LogP contribution < -0.4 is 0 Å². The van der Waals surface area contributed by atoms with Crippen molar-refractivity contribution in [3.63, 3.8) is 0 Å². The van der Waals surface area contributed by atoms with E-state index >= 15 is 0 Å². The molecule has 2 heteroatoms. The van der Waals surface area contributed by atoms with E-state index < -0.39 is 5.97 Å². The molecule has 0 bridgehead atoms. The van der Waals surface area contributed by atoms with Gasteiger partial charge in [-0.2, -0.15) is 0 Å². The van der Waals surface area contributed by atoms with Crippen molar-refractivity contribution in [3.8, 4) is 0 Å². The van der Waals surface area contributed by atoms with Gasteiger partial charge in [-0.25, -0.2) is 0 Å². The number of hydrogen-bond acceptors (Lipinski definition) is 1. The molecular formula is C17H20O2. The average Bonchev–Trinajstić information content (AvgIpc) is 2.33. The van der Waals surface area contributed by atoms with E-state index in [9.17, 15) is 4.79 Å². The summed E-state index contributed by atoms with van der Waals surface area (Å²) in [4.78, 5) is 10.9. The first-order valence-corrected chi connectivity index (χ1v) is 6.30. The van der Waals surface area contributed by atoms with Crippen molar-refractivity contribution in [2.75, 3.05) is 0 Å². The van der Waals surface area contributed by atoms with Gasteiger partial charge in [0.1, 0.15) is 0 Å². The Balaban J connectivity index is 3.31. The van der Waals surface area contributed by atoms with Gasteiger partial charge in [0.15, 0.2) is 0 Å². The zero-order chi connectivity index (χ0) is 14.3. The smallest absolute Gasteiger partial charge is 0.307 e. The molecule has 100 valence electrons. The van der Waals surface area contributed by atoms with E-state index in [1.165, 1.54) is 5.56 Å². The standard InChI is InChI=1S/C17H20O2/c1-4-7-14-10-13(12-17(18)19)11-15(8-5-2)16(14)9-6-3/h4-6,10-11H,1-3,7-9,12H2,(H,18,19). The third-order valence-corrected chi connectivity index (χ3v) is 2.93. The molecule has 0 fully saturated rings. The van der Waals surface area contributed by atoms with Crippen LogP contribution in [0.4, 0.5) is 0 Å². The van der Waals surface area contributed by atoms with Gasteiger partial charge in [-0.3, -0.25) is 4.79 Å². The molecular weight excluding hydrogens is 236 g/mol. The molecule has 0 unspecified atom stereocenters. The van der Waals surface area contributed by atoms with Crippen LogP contribution in [0.3, 0.4) is 0 Å². The fourth-order valence-electron chi connectivity index (χ4n) is 2.23. The quantitative estimate of drug-likeness (QED) is 0.723. The van der Waals surface area contributed by atoms with Crippen LogP contribution in [0.15, 0.2) is 50.1 Å². The minimum atomic E-state index is -0.814. The Morgan fingerprint density at radius 3 is 1.84 bits per heavy atom. The predicted octanol–water partition coefficient (Wildman–Crippen LogP) is 3.50. The molecule has 0 aliphatic heterocycles. The second-order valence-electron chi connectivity index (χ2n) is 4.44. The van der Waals surface area contributed by atoms with Gasteiger partial charge in [-0.1, -0.05) is 30.4 Å². The largest absolute Gasteiger partial charge is 0.481 e. The number of allylic oxidation sites excluding steroid dienone is 3. The van der Waals surface area contributed by atoms with E-state index in [2.05, 4.69) is 19.7 Å². The van der Waals surface area contributed by atoms with E-state index in [0.29, 0.717) is 0 Å². The summed E-state index contributed by atoms with van der Waals surface area (Å²) in [6, 6.07) is 3.92. The molecule has 1 aromatic carbocycles. The maximum absolute atomic E-state index is 10.9. The molecule has 0 amide bonds. The van der Waals surface area contributed by atoms with E-state index in [0.717, 1.165) is 36.0 Å². The fraction of sp³-hybridized carbons (Fsp3) is 0.235. The van der Waals surface area contributed by atoms with Crippen LogP contribution in [0.5, 0.6) is 0 Å². The third-order valence-electron chi connectivity index (χ3n) is 2.93. The van der Waals surface area contributed by atoms with Gasteiger partial charge in [-0.05, 0) is 41.5 Å². The number of hydrogen-bond donors (Lipinski definition) is 1. The van der Waals surface area contributed by atoms with E-state index in [1.807, 2.05) is 30.4 Å². The van der Waals surface area contributed by atoms with Crippen molar-refractivity contribution < 1.29 is 9.90 Å². The van der Waals surface area contributed by atoms with Crippen LogP contribution in [0.1, 0.15) is 22.3 Å². The van der Waals surface area contributed by atoms with E-state index in [1.54, 1.807) is 0 Å². The minimum absolute atomic E-state index is 0.0443. The summed E-state index contributed by atoms with van der Waals surface area (Å²) in [6.07, 6.45) is 7.84. The highest BCUT2D eigenvalue weighted by atomic mass is 16.4. The molecule has 0 saturated heterocycles. The van der Waals surface area contributed by atoms with Gasteiger partial charge in [0.25, 0.3) is 0 Å². The molecule has 1 rings (SSSR count). The summed E-state index contributed by atoms with van der Waals surface area (Å²) < 4.78 is 0. The SMILES string of the molecule is C=CCc1cc(CC(=O)O)cc(CC=C)c1CC=C. The van der Waals surface area contributed by atoms with E-state index in [4.69, 9.17) is 5.11 Å². The first-order valence-electron chi connectivity index (χ1n) is 6.30. The monoisotopic (exact) mass is 256 g/mol. The van der Waals surface area contributed by atoms with Crippen molar-refractivity contribution in [2.24, 2.45) is 0 Å². The van der Waals surface area contributed by atoms with Crippen LogP contribution in [0, 0.1) is 0 Å². The van der Waals surface area contributed by atoms with Crippen LogP contribution in [0.2, 0.25) is 0 Å². The van der Waals surface area contributed by atoms with Gasteiger partial charge in [0, 0.05) is 0 Å². The lowest BCUT2D eigenvalue weighted by Gasteiger charge is -2.14. The van der Waals surface area contributed by atoms with Crippen LogP contribution in [0.25, 0.3) is 0 Å². The Labute approximate surface area is 114 Å². The van der Waals surface area contributed by atoms with Crippen molar-refractivity contribution >= 4 is 5.97 Å². The lowest BCUT2D eigenvalue weighted by Crippen LogP contribution is -2.05. The molecule has 2 nitrogen and oxygen atoms in total. The summed E-state index contributed by atoms with van der Waals surface area (Å²) in [5.74, 6) is -0.814. The molecule has 0 radical (unpaired) electrons. The Hall–Kier alpha value is -2.09. The molecule has 0 saturated carbocycles. The Morgan fingerprint density at radius 1 is 1.00 bits per heavy atom. The number of carbonyl (C=O) groups is 1. The molecule has 0 aliphatic carbocycles. The van der Waals surface area contributed by atoms with Gasteiger partial charge in [-0.15, -0.1) is 19.7 Å². The summed E-state index contributed by atoms with van der Waals surface area (Å²) in [5, 5.41) is 8.92. The molecule has 0 heterocycles. The predicted molar refractivity (Wildman–Crippen MR) is 79.5 cm³/mol. The second-order valence-corrected chi connectivity index (χ2v) is 4.44. The fourth-order valence-corrected chi connectivity index (χ4v) is 2.23. The van der Waals surface area contributed by atoms with E-state index in [-0.39, 0.29) is 6.42 Å². The highest BCUT2D eigenvalue weighted by Gasteiger charge is 2.10.